The number of nitrogens with zero attached hydrogens (tertiary/aromatic N) is 1. The van der Waals surface area contributed by atoms with Crippen LogP contribution in [0.25, 0.3) is 0 Å². The van der Waals surface area contributed by atoms with Crippen molar-refractivity contribution in [1.29, 1.82) is 0 Å². The Morgan fingerprint density at radius 2 is 1.81 bits per heavy atom. The smallest absolute Gasteiger partial charge is 0.176 e. The Bertz CT molecular complexity index is 625. The molecule has 0 aliphatic heterocycles. The number of likely N-dealkylation sites (N-methyl/N-ethyl adjacent to an activating group) is 1. The number of aromatic hydroxyl groups is 1. The molecule has 0 aliphatic rings. The van der Waals surface area contributed by atoms with E-state index in [2.05, 4.69) is 0 Å². The van der Waals surface area contributed by atoms with Crippen LogP contribution in [-0.4, -0.2) is 29.4 Å². The number of rotatable bonds is 5. The van der Waals surface area contributed by atoms with E-state index in [4.69, 9.17) is 0 Å². The fourth-order valence-corrected chi connectivity index (χ4v) is 2.15. The van der Waals surface area contributed by atoms with Crippen molar-refractivity contribution in [2.45, 2.75) is 13.0 Å². The maximum atomic E-state index is 13.8. The van der Waals surface area contributed by atoms with Gasteiger partial charge in [0.1, 0.15) is 11.6 Å². The molecule has 1 atom stereocenters. The van der Waals surface area contributed by atoms with Crippen LogP contribution in [0.3, 0.4) is 0 Å². The Kier molecular flexibility index (Phi) is 4.70. The zero-order chi connectivity index (χ0) is 15.4. The van der Waals surface area contributed by atoms with Crippen molar-refractivity contribution < 1.29 is 14.3 Å². The van der Waals surface area contributed by atoms with Gasteiger partial charge in [0, 0.05) is 17.2 Å². The Morgan fingerprint density at radius 3 is 2.43 bits per heavy atom. The van der Waals surface area contributed by atoms with Gasteiger partial charge in [0.15, 0.2) is 5.78 Å². The molecule has 3 nitrogen and oxygen atoms in total. The van der Waals surface area contributed by atoms with E-state index in [0.29, 0.717) is 11.1 Å². The second-order valence-electron chi connectivity index (χ2n) is 5.08. The molecule has 2 aromatic rings. The molecular formula is C17H18FNO2. The molecule has 0 bridgehead atoms. The molecule has 1 N–H and O–H groups in total. The van der Waals surface area contributed by atoms with Crippen molar-refractivity contribution >= 4 is 5.78 Å². The van der Waals surface area contributed by atoms with E-state index in [1.54, 1.807) is 42.3 Å². The molecule has 0 fully saturated rings. The first-order valence-electron chi connectivity index (χ1n) is 6.76. The summed E-state index contributed by atoms with van der Waals surface area (Å²) in [6.07, 6.45) is 0. The lowest BCUT2D eigenvalue weighted by atomic mass is 10.1. The van der Waals surface area contributed by atoms with Crippen LogP contribution in [0.2, 0.25) is 0 Å². The van der Waals surface area contributed by atoms with E-state index in [-0.39, 0.29) is 29.9 Å². The van der Waals surface area contributed by atoms with Crippen LogP contribution in [0.4, 0.5) is 4.39 Å². The van der Waals surface area contributed by atoms with Gasteiger partial charge in [-0.15, -0.1) is 0 Å². The summed E-state index contributed by atoms with van der Waals surface area (Å²) < 4.78 is 13.8. The Balaban J connectivity index is 2.07. The second-order valence-corrected chi connectivity index (χ2v) is 5.08. The molecule has 0 aliphatic carbocycles. The van der Waals surface area contributed by atoms with Crippen LogP contribution in [-0.2, 0) is 0 Å². The first-order valence-corrected chi connectivity index (χ1v) is 6.76. The number of phenols is 1. The quantitative estimate of drug-likeness (QED) is 0.857. The highest BCUT2D eigenvalue weighted by Gasteiger charge is 2.18. The van der Waals surface area contributed by atoms with Crippen LogP contribution < -0.4 is 0 Å². The fraction of sp³-hybridized carbons (Fsp3) is 0.235. The summed E-state index contributed by atoms with van der Waals surface area (Å²) in [5.41, 5.74) is 1.10. The van der Waals surface area contributed by atoms with Gasteiger partial charge in [-0.25, -0.2) is 4.39 Å². The molecule has 0 amide bonds. The molecule has 2 rings (SSSR count). The molecule has 0 saturated carbocycles. The molecule has 21 heavy (non-hydrogen) atoms. The molecule has 2 aromatic carbocycles. The third-order valence-electron chi connectivity index (χ3n) is 3.60. The van der Waals surface area contributed by atoms with Crippen LogP contribution in [0.5, 0.6) is 5.75 Å². The topological polar surface area (TPSA) is 40.5 Å². The molecule has 1 unspecified atom stereocenters. The van der Waals surface area contributed by atoms with Gasteiger partial charge in [-0.3, -0.25) is 9.69 Å². The van der Waals surface area contributed by atoms with Gasteiger partial charge in [0.25, 0.3) is 0 Å². The standard InChI is InChI=1S/C17H18FNO2/c1-12(15-5-3-4-6-16(15)18)19(2)11-17(21)13-7-9-14(20)10-8-13/h3-10,12,20H,11H2,1-2H3. The minimum absolute atomic E-state index is 0.0688. The summed E-state index contributed by atoms with van der Waals surface area (Å²) in [4.78, 5) is 14.0. The largest absolute Gasteiger partial charge is 0.508 e. The Hall–Kier alpha value is -2.20. The van der Waals surface area contributed by atoms with Gasteiger partial charge in [0.05, 0.1) is 6.54 Å². The molecule has 4 heteroatoms. The predicted octanol–water partition coefficient (Wildman–Crippen LogP) is 3.41. The normalized spacial score (nSPS) is 12.4. The zero-order valence-corrected chi connectivity index (χ0v) is 12.1. The number of carbonyl (C=O) groups is 1. The summed E-state index contributed by atoms with van der Waals surface area (Å²) in [6, 6.07) is 12.5. The van der Waals surface area contributed by atoms with Crippen LogP contribution in [0.15, 0.2) is 48.5 Å². The molecular weight excluding hydrogens is 269 g/mol. The van der Waals surface area contributed by atoms with Crippen molar-refractivity contribution in [2.75, 3.05) is 13.6 Å². The minimum atomic E-state index is -0.270. The highest BCUT2D eigenvalue weighted by atomic mass is 19.1. The third kappa shape index (κ3) is 3.67. The van der Waals surface area contributed by atoms with Crippen molar-refractivity contribution in [3.63, 3.8) is 0 Å². The minimum Gasteiger partial charge on any atom is -0.508 e. The van der Waals surface area contributed by atoms with Crippen molar-refractivity contribution in [3.05, 3.63) is 65.5 Å². The maximum Gasteiger partial charge on any atom is 0.176 e. The van der Waals surface area contributed by atoms with Gasteiger partial charge < -0.3 is 5.11 Å². The highest BCUT2D eigenvalue weighted by molar-refractivity contribution is 5.97. The van der Waals surface area contributed by atoms with Gasteiger partial charge in [-0.2, -0.15) is 0 Å². The van der Waals surface area contributed by atoms with Crippen molar-refractivity contribution in [3.8, 4) is 5.75 Å². The molecule has 0 radical (unpaired) electrons. The van der Waals surface area contributed by atoms with Crippen LogP contribution >= 0.6 is 0 Å². The van der Waals surface area contributed by atoms with Gasteiger partial charge in [-0.05, 0) is 44.3 Å². The monoisotopic (exact) mass is 287 g/mol. The number of hydrogen-bond acceptors (Lipinski definition) is 3. The van der Waals surface area contributed by atoms with E-state index in [9.17, 15) is 14.3 Å². The lowest BCUT2D eigenvalue weighted by Crippen LogP contribution is -2.29. The summed E-state index contributed by atoms with van der Waals surface area (Å²) >= 11 is 0. The number of benzene rings is 2. The van der Waals surface area contributed by atoms with Crippen LogP contribution in [0.1, 0.15) is 28.9 Å². The van der Waals surface area contributed by atoms with E-state index in [0.717, 1.165) is 0 Å². The number of carbonyl (C=O) groups excluding carboxylic acids is 1. The Morgan fingerprint density at radius 1 is 1.19 bits per heavy atom. The molecule has 0 saturated heterocycles. The molecule has 0 spiro atoms. The van der Waals surface area contributed by atoms with E-state index >= 15 is 0 Å². The van der Waals surface area contributed by atoms with Gasteiger partial charge >= 0.3 is 0 Å². The lowest BCUT2D eigenvalue weighted by Gasteiger charge is -2.24. The number of ketones is 1. The molecule has 0 heterocycles. The zero-order valence-electron chi connectivity index (χ0n) is 12.1. The maximum absolute atomic E-state index is 13.8. The van der Waals surface area contributed by atoms with Crippen molar-refractivity contribution in [2.24, 2.45) is 0 Å². The van der Waals surface area contributed by atoms with Crippen molar-refractivity contribution in [1.82, 2.24) is 4.90 Å². The average Bonchev–Trinajstić information content (AvgIpc) is 2.47. The second kappa shape index (κ2) is 6.50. The Labute approximate surface area is 123 Å². The number of phenolic OH excluding ortho intramolecular Hbond substituents is 1. The van der Waals surface area contributed by atoms with E-state index < -0.39 is 0 Å². The van der Waals surface area contributed by atoms with Crippen LogP contribution in [0, 0.1) is 5.82 Å². The number of Topliss-reactive ketones (excluding diaryl/α,β-unsaturated/α-hetero) is 1. The molecule has 0 aromatic heterocycles. The van der Waals surface area contributed by atoms with Gasteiger partial charge in [0.2, 0.25) is 0 Å². The van der Waals surface area contributed by atoms with Gasteiger partial charge in [-0.1, -0.05) is 18.2 Å². The van der Waals surface area contributed by atoms with E-state index in [1.807, 2.05) is 6.92 Å². The number of hydrogen-bond donors (Lipinski definition) is 1. The summed E-state index contributed by atoms with van der Waals surface area (Å²) in [6.45, 7) is 2.04. The SMILES string of the molecule is CC(c1ccccc1F)N(C)CC(=O)c1ccc(O)cc1. The third-order valence-corrected chi connectivity index (χ3v) is 3.60. The number of halogens is 1. The lowest BCUT2D eigenvalue weighted by molar-refractivity contribution is 0.0923. The summed E-state index contributed by atoms with van der Waals surface area (Å²) in [5.74, 6) is -0.214. The van der Waals surface area contributed by atoms with E-state index in [1.165, 1.54) is 18.2 Å². The predicted molar refractivity (Wildman–Crippen MR) is 79.9 cm³/mol. The molecule has 110 valence electrons. The highest BCUT2D eigenvalue weighted by Crippen LogP contribution is 2.21. The first kappa shape index (κ1) is 15.2. The fourth-order valence-electron chi connectivity index (χ4n) is 2.15. The summed E-state index contributed by atoms with van der Waals surface area (Å²) in [7, 11) is 1.79. The summed E-state index contributed by atoms with van der Waals surface area (Å²) in [5, 5.41) is 9.22. The first-order chi connectivity index (χ1) is 9.99. The average molecular weight is 287 g/mol.